The SMILES string of the molecule is CC(=O)OC1C/C=C\C(O)C(OC(=O)C=Cc2cn(C)cn2)CC2C(C)=CCC(C(C)C)C2C1. The summed E-state index contributed by atoms with van der Waals surface area (Å²) in [6.45, 7) is 8.01. The zero-order valence-corrected chi connectivity index (χ0v) is 20.9. The summed E-state index contributed by atoms with van der Waals surface area (Å²) in [6.07, 6.45) is 13.1. The van der Waals surface area contributed by atoms with Crippen molar-refractivity contribution in [2.75, 3.05) is 0 Å². The quantitative estimate of drug-likeness (QED) is 0.393. The van der Waals surface area contributed by atoms with E-state index in [4.69, 9.17) is 9.47 Å². The van der Waals surface area contributed by atoms with Crippen LogP contribution in [0.1, 0.15) is 59.1 Å². The maximum Gasteiger partial charge on any atom is 0.331 e. The van der Waals surface area contributed by atoms with Gasteiger partial charge in [0.05, 0.1) is 12.0 Å². The molecule has 3 rings (SSSR count). The summed E-state index contributed by atoms with van der Waals surface area (Å²) in [5.41, 5.74) is 1.90. The second-order valence-electron chi connectivity index (χ2n) is 9.99. The standard InChI is InChI=1S/C27H38N2O5/c1-17(2)22-11-9-18(3)23-14-26(34-27(32)12-10-20-15-29(5)16-28-20)25(31)8-6-7-21(13-24(22)23)33-19(4)30/h6,8-10,12,15-17,21-26,31H,7,11,13-14H2,1-5H3/b8-6-,12-10?. The Bertz CT molecular complexity index is 945. The molecule has 0 fully saturated rings. The van der Waals surface area contributed by atoms with E-state index in [9.17, 15) is 14.7 Å². The molecule has 1 aromatic rings. The maximum absolute atomic E-state index is 12.6. The maximum atomic E-state index is 12.6. The van der Waals surface area contributed by atoms with Gasteiger partial charge in [-0.1, -0.05) is 37.6 Å². The lowest BCUT2D eigenvalue weighted by molar-refractivity contribution is -0.151. The molecule has 6 atom stereocenters. The van der Waals surface area contributed by atoms with E-state index >= 15 is 0 Å². The fourth-order valence-corrected chi connectivity index (χ4v) is 5.34. The first-order chi connectivity index (χ1) is 16.1. The van der Waals surface area contributed by atoms with E-state index in [1.807, 2.05) is 13.1 Å². The van der Waals surface area contributed by atoms with Gasteiger partial charge in [-0.15, -0.1) is 0 Å². The van der Waals surface area contributed by atoms with E-state index < -0.39 is 18.2 Å². The Hall–Kier alpha value is -2.67. The summed E-state index contributed by atoms with van der Waals surface area (Å²) >= 11 is 0. The molecule has 0 saturated carbocycles. The smallest absolute Gasteiger partial charge is 0.331 e. The lowest BCUT2D eigenvalue weighted by Gasteiger charge is -2.43. The van der Waals surface area contributed by atoms with Gasteiger partial charge in [-0.3, -0.25) is 4.79 Å². The molecule has 186 valence electrons. The molecule has 1 N–H and O–H groups in total. The Labute approximate surface area is 202 Å². The number of carbonyl (C=O) groups excluding carboxylic acids is 2. The fourth-order valence-electron chi connectivity index (χ4n) is 5.34. The zero-order chi connectivity index (χ0) is 24.8. The number of fused-ring (bicyclic) bond motifs is 1. The Kier molecular flexibility index (Phi) is 8.89. The molecule has 1 aromatic heterocycles. The molecule has 0 radical (unpaired) electrons. The average molecular weight is 471 g/mol. The predicted molar refractivity (Wildman–Crippen MR) is 130 cm³/mol. The third kappa shape index (κ3) is 6.92. The third-order valence-corrected chi connectivity index (χ3v) is 7.07. The number of nitrogens with zero attached hydrogens (tertiary/aromatic N) is 2. The first-order valence-corrected chi connectivity index (χ1v) is 12.2. The molecule has 2 aliphatic carbocycles. The van der Waals surface area contributed by atoms with Crippen molar-refractivity contribution >= 4 is 18.0 Å². The number of imidazole rings is 1. The molecule has 7 nitrogen and oxygen atoms in total. The lowest BCUT2D eigenvalue weighted by Crippen LogP contribution is -2.40. The summed E-state index contributed by atoms with van der Waals surface area (Å²) in [5, 5.41) is 10.9. The highest BCUT2D eigenvalue weighted by molar-refractivity contribution is 5.86. The van der Waals surface area contributed by atoms with Crippen LogP contribution in [0, 0.1) is 23.7 Å². The fraction of sp³-hybridized carbons (Fsp3) is 0.593. The molecule has 0 amide bonds. The van der Waals surface area contributed by atoms with Gasteiger partial charge in [0.2, 0.25) is 0 Å². The molecule has 7 heteroatoms. The second kappa shape index (κ2) is 11.6. The van der Waals surface area contributed by atoms with E-state index in [0.29, 0.717) is 30.4 Å². The number of hydrogen-bond donors (Lipinski definition) is 1. The number of aromatic nitrogens is 2. The number of aryl methyl sites for hydroxylation is 1. The summed E-state index contributed by atoms with van der Waals surface area (Å²) in [5.74, 6) is 0.472. The Morgan fingerprint density at radius 2 is 2.00 bits per heavy atom. The van der Waals surface area contributed by atoms with E-state index in [1.54, 1.807) is 29.2 Å². The highest BCUT2D eigenvalue weighted by atomic mass is 16.6. The Balaban J connectivity index is 1.85. The van der Waals surface area contributed by atoms with Crippen LogP contribution in [0.4, 0.5) is 0 Å². The molecule has 6 unspecified atom stereocenters. The molecule has 34 heavy (non-hydrogen) atoms. The van der Waals surface area contributed by atoms with Crippen molar-refractivity contribution in [3.8, 4) is 0 Å². The van der Waals surface area contributed by atoms with Gasteiger partial charge in [-0.25, -0.2) is 9.78 Å². The van der Waals surface area contributed by atoms with Crippen LogP contribution in [-0.2, 0) is 26.1 Å². The van der Waals surface area contributed by atoms with Crippen molar-refractivity contribution in [2.45, 2.75) is 71.7 Å². The molecule has 0 aromatic carbocycles. The van der Waals surface area contributed by atoms with Crippen LogP contribution >= 0.6 is 0 Å². The van der Waals surface area contributed by atoms with Crippen molar-refractivity contribution < 1.29 is 24.2 Å². The molecular weight excluding hydrogens is 432 g/mol. The molecule has 1 heterocycles. The van der Waals surface area contributed by atoms with Gasteiger partial charge < -0.3 is 19.1 Å². The molecular formula is C27H38N2O5. The first-order valence-electron chi connectivity index (χ1n) is 12.2. The van der Waals surface area contributed by atoms with Gasteiger partial charge in [0.25, 0.3) is 0 Å². The van der Waals surface area contributed by atoms with Crippen LogP contribution < -0.4 is 0 Å². The van der Waals surface area contributed by atoms with Gasteiger partial charge in [-0.2, -0.15) is 0 Å². The number of aliphatic hydroxyl groups excluding tert-OH is 1. The number of ether oxygens (including phenoxy) is 2. The number of hydrogen-bond acceptors (Lipinski definition) is 6. The van der Waals surface area contributed by atoms with Crippen LogP contribution in [-0.4, -0.2) is 44.9 Å². The largest absolute Gasteiger partial charge is 0.462 e. The number of allylic oxidation sites excluding steroid dienone is 2. The number of carbonyl (C=O) groups is 2. The van der Waals surface area contributed by atoms with Gasteiger partial charge >= 0.3 is 11.9 Å². The summed E-state index contributed by atoms with van der Waals surface area (Å²) in [6, 6.07) is 0. The van der Waals surface area contributed by atoms with Crippen LogP contribution in [0.15, 0.2) is 42.4 Å². The normalized spacial score (nSPS) is 31.0. The zero-order valence-electron chi connectivity index (χ0n) is 20.9. The number of aliphatic hydroxyl groups is 1. The predicted octanol–water partition coefficient (Wildman–Crippen LogP) is 4.23. The van der Waals surface area contributed by atoms with Crippen molar-refractivity contribution in [3.05, 3.63) is 48.1 Å². The average Bonchev–Trinajstić information content (AvgIpc) is 3.18. The van der Waals surface area contributed by atoms with Gasteiger partial charge in [0.1, 0.15) is 18.3 Å². The number of esters is 2. The van der Waals surface area contributed by atoms with E-state index in [1.165, 1.54) is 18.6 Å². The van der Waals surface area contributed by atoms with E-state index in [-0.39, 0.29) is 23.9 Å². The molecule has 0 saturated heterocycles. The van der Waals surface area contributed by atoms with Crippen LogP contribution in [0.2, 0.25) is 0 Å². The lowest BCUT2D eigenvalue weighted by atomic mass is 9.64. The van der Waals surface area contributed by atoms with Gasteiger partial charge in [0.15, 0.2) is 0 Å². The topological polar surface area (TPSA) is 90.7 Å². The molecule has 0 bridgehead atoms. The molecule has 0 spiro atoms. The van der Waals surface area contributed by atoms with Crippen molar-refractivity contribution in [1.29, 1.82) is 0 Å². The van der Waals surface area contributed by atoms with Crippen LogP contribution in [0.3, 0.4) is 0 Å². The highest BCUT2D eigenvalue weighted by Gasteiger charge is 2.40. The minimum atomic E-state index is -0.948. The third-order valence-electron chi connectivity index (χ3n) is 7.07. The molecule has 0 aliphatic heterocycles. The number of rotatable bonds is 5. The summed E-state index contributed by atoms with van der Waals surface area (Å²) in [4.78, 5) is 28.5. The summed E-state index contributed by atoms with van der Waals surface area (Å²) in [7, 11) is 1.86. The van der Waals surface area contributed by atoms with Crippen molar-refractivity contribution in [1.82, 2.24) is 9.55 Å². The Morgan fingerprint density at radius 3 is 2.65 bits per heavy atom. The van der Waals surface area contributed by atoms with Crippen molar-refractivity contribution in [3.63, 3.8) is 0 Å². The minimum Gasteiger partial charge on any atom is -0.462 e. The van der Waals surface area contributed by atoms with E-state index in [2.05, 4.69) is 31.8 Å². The monoisotopic (exact) mass is 470 g/mol. The molecule has 2 aliphatic rings. The Morgan fingerprint density at radius 1 is 1.24 bits per heavy atom. The second-order valence-corrected chi connectivity index (χ2v) is 9.99. The van der Waals surface area contributed by atoms with Crippen LogP contribution in [0.25, 0.3) is 6.08 Å². The first kappa shape index (κ1) is 25.9. The van der Waals surface area contributed by atoms with Gasteiger partial charge in [0, 0.05) is 32.7 Å². The summed E-state index contributed by atoms with van der Waals surface area (Å²) < 4.78 is 13.2. The van der Waals surface area contributed by atoms with E-state index in [0.717, 1.165) is 12.8 Å². The van der Waals surface area contributed by atoms with Crippen molar-refractivity contribution in [2.24, 2.45) is 30.7 Å². The van der Waals surface area contributed by atoms with Gasteiger partial charge in [-0.05, 0) is 55.9 Å². The minimum absolute atomic E-state index is 0.123. The highest BCUT2D eigenvalue weighted by Crippen LogP contribution is 2.45. The van der Waals surface area contributed by atoms with Crippen LogP contribution in [0.5, 0.6) is 0 Å².